The largest absolute Gasteiger partial charge is 0.342 e. The van der Waals surface area contributed by atoms with Crippen molar-refractivity contribution in [2.45, 2.75) is 32.6 Å². The Morgan fingerprint density at radius 1 is 1.63 bits per heavy atom. The molecule has 1 amide bonds. The molecule has 0 aromatic carbocycles. The zero-order valence-corrected chi connectivity index (χ0v) is 11.8. The van der Waals surface area contributed by atoms with Crippen LogP contribution in [0.5, 0.6) is 0 Å². The summed E-state index contributed by atoms with van der Waals surface area (Å²) in [4.78, 5) is 18.4. The van der Waals surface area contributed by atoms with E-state index in [-0.39, 0.29) is 17.2 Å². The molecule has 2 N–H and O–H groups in total. The van der Waals surface area contributed by atoms with Gasteiger partial charge in [-0.15, -0.1) is 0 Å². The molecule has 4 heteroatoms. The Morgan fingerprint density at radius 2 is 2.42 bits per heavy atom. The lowest BCUT2D eigenvalue weighted by molar-refractivity contribution is -0.130. The number of aromatic nitrogens is 1. The van der Waals surface area contributed by atoms with Gasteiger partial charge >= 0.3 is 0 Å². The van der Waals surface area contributed by atoms with Gasteiger partial charge in [0.25, 0.3) is 0 Å². The number of likely N-dealkylation sites (tertiary alicyclic amines) is 1. The third-order valence-corrected chi connectivity index (χ3v) is 4.14. The highest BCUT2D eigenvalue weighted by Gasteiger charge is 2.34. The van der Waals surface area contributed by atoms with Crippen LogP contribution in [0.4, 0.5) is 0 Å². The number of nitrogens with zero attached hydrogens (tertiary/aromatic N) is 2. The zero-order valence-electron chi connectivity index (χ0n) is 11.8. The van der Waals surface area contributed by atoms with Gasteiger partial charge in [-0.3, -0.25) is 9.78 Å². The van der Waals surface area contributed by atoms with Crippen molar-refractivity contribution in [2.24, 2.45) is 11.1 Å². The van der Waals surface area contributed by atoms with Crippen LogP contribution in [0, 0.1) is 5.41 Å². The predicted molar refractivity (Wildman–Crippen MR) is 75.6 cm³/mol. The van der Waals surface area contributed by atoms with Gasteiger partial charge in [0.2, 0.25) is 5.91 Å². The topological polar surface area (TPSA) is 59.2 Å². The standard InChI is InChI=1S/C15H23N3O/c1-12(13-4-3-6-17-9-13)8-14(19)18-7-5-15(2,10-16)11-18/h3-4,6,9,12H,5,7-8,10-11,16H2,1-2H3. The van der Waals surface area contributed by atoms with Crippen LogP contribution in [0.1, 0.15) is 38.2 Å². The second-order valence-corrected chi connectivity index (χ2v) is 5.97. The molecule has 2 unspecified atom stereocenters. The Morgan fingerprint density at radius 3 is 3.00 bits per heavy atom. The van der Waals surface area contributed by atoms with Gasteiger partial charge in [-0.05, 0) is 35.9 Å². The van der Waals surface area contributed by atoms with Crippen molar-refractivity contribution in [2.75, 3.05) is 19.6 Å². The normalized spacial score (nSPS) is 24.5. The fourth-order valence-corrected chi connectivity index (χ4v) is 2.58. The monoisotopic (exact) mass is 261 g/mol. The maximum absolute atomic E-state index is 12.3. The molecule has 1 aliphatic rings. The number of hydrogen-bond donors (Lipinski definition) is 1. The van der Waals surface area contributed by atoms with Gasteiger partial charge in [-0.25, -0.2) is 0 Å². The van der Waals surface area contributed by atoms with Gasteiger partial charge in [0, 0.05) is 31.9 Å². The summed E-state index contributed by atoms with van der Waals surface area (Å²) in [7, 11) is 0. The summed E-state index contributed by atoms with van der Waals surface area (Å²) in [5.74, 6) is 0.444. The minimum Gasteiger partial charge on any atom is -0.342 e. The van der Waals surface area contributed by atoms with E-state index in [2.05, 4.69) is 18.8 Å². The van der Waals surface area contributed by atoms with Gasteiger partial charge in [-0.2, -0.15) is 0 Å². The zero-order chi connectivity index (χ0) is 13.9. The molecular formula is C15H23N3O. The van der Waals surface area contributed by atoms with Crippen LogP contribution in [0.15, 0.2) is 24.5 Å². The number of carbonyl (C=O) groups excluding carboxylic acids is 1. The Hall–Kier alpha value is -1.42. The number of pyridine rings is 1. The Labute approximate surface area is 115 Å². The van der Waals surface area contributed by atoms with Crippen LogP contribution in [-0.2, 0) is 4.79 Å². The molecule has 0 saturated carbocycles. The summed E-state index contributed by atoms with van der Waals surface area (Å²) < 4.78 is 0. The first-order chi connectivity index (χ1) is 9.04. The molecule has 2 atom stereocenters. The highest BCUT2D eigenvalue weighted by Crippen LogP contribution is 2.30. The lowest BCUT2D eigenvalue weighted by atomic mass is 9.90. The Balaban J connectivity index is 1.92. The molecule has 1 aromatic heterocycles. The first-order valence-electron chi connectivity index (χ1n) is 6.92. The van der Waals surface area contributed by atoms with Crippen molar-refractivity contribution in [1.82, 2.24) is 9.88 Å². The van der Waals surface area contributed by atoms with E-state index >= 15 is 0 Å². The van der Waals surface area contributed by atoms with E-state index in [0.717, 1.165) is 25.1 Å². The van der Waals surface area contributed by atoms with Crippen LogP contribution in [0.3, 0.4) is 0 Å². The van der Waals surface area contributed by atoms with Gasteiger partial charge in [0.1, 0.15) is 0 Å². The molecule has 104 valence electrons. The third-order valence-electron chi connectivity index (χ3n) is 4.14. The fourth-order valence-electron chi connectivity index (χ4n) is 2.58. The van der Waals surface area contributed by atoms with Crippen molar-refractivity contribution in [3.05, 3.63) is 30.1 Å². The lowest BCUT2D eigenvalue weighted by Crippen LogP contribution is -2.34. The summed E-state index contributed by atoms with van der Waals surface area (Å²) in [5.41, 5.74) is 7.00. The maximum Gasteiger partial charge on any atom is 0.223 e. The van der Waals surface area contributed by atoms with Crippen LogP contribution in [0.25, 0.3) is 0 Å². The predicted octanol–water partition coefficient (Wildman–Crippen LogP) is 1.77. The van der Waals surface area contributed by atoms with Crippen molar-refractivity contribution in [3.8, 4) is 0 Å². The second kappa shape index (κ2) is 5.70. The molecule has 0 aliphatic carbocycles. The third kappa shape index (κ3) is 3.32. The summed E-state index contributed by atoms with van der Waals surface area (Å²) in [5, 5.41) is 0. The highest BCUT2D eigenvalue weighted by atomic mass is 16.2. The molecule has 4 nitrogen and oxygen atoms in total. The number of amides is 1. The second-order valence-electron chi connectivity index (χ2n) is 5.97. The van der Waals surface area contributed by atoms with E-state index in [1.165, 1.54) is 0 Å². The van der Waals surface area contributed by atoms with E-state index in [0.29, 0.717) is 13.0 Å². The SMILES string of the molecule is CC(CC(=O)N1CCC(C)(CN)C1)c1cccnc1. The molecule has 2 heterocycles. The molecule has 2 rings (SSSR count). The minimum atomic E-state index is 0.104. The molecular weight excluding hydrogens is 238 g/mol. The number of carbonyl (C=O) groups is 1. The average Bonchev–Trinajstić information content (AvgIpc) is 2.83. The summed E-state index contributed by atoms with van der Waals surface area (Å²) >= 11 is 0. The molecule has 1 aromatic rings. The van der Waals surface area contributed by atoms with E-state index in [4.69, 9.17) is 5.73 Å². The number of rotatable bonds is 4. The quantitative estimate of drug-likeness (QED) is 0.898. The van der Waals surface area contributed by atoms with Gasteiger partial charge < -0.3 is 10.6 Å². The number of nitrogens with two attached hydrogens (primary N) is 1. The molecule has 0 spiro atoms. The van der Waals surface area contributed by atoms with Crippen LogP contribution in [0.2, 0.25) is 0 Å². The van der Waals surface area contributed by atoms with Crippen molar-refractivity contribution in [1.29, 1.82) is 0 Å². The molecule has 0 radical (unpaired) electrons. The minimum absolute atomic E-state index is 0.104. The lowest BCUT2D eigenvalue weighted by Gasteiger charge is -2.23. The molecule has 1 aliphatic heterocycles. The average molecular weight is 261 g/mol. The maximum atomic E-state index is 12.3. The van der Waals surface area contributed by atoms with E-state index in [1.807, 2.05) is 23.2 Å². The van der Waals surface area contributed by atoms with Crippen LogP contribution >= 0.6 is 0 Å². The highest BCUT2D eigenvalue weighted by molar-refractivity contribution is 5.77. The van der Waals surface area contributed by atoms with E-state index in [9.17, 15) is 4.79 Å². The molecule has 0 bridgehead atoms. The van der Waals surface area contributed by atoms with E-state index < -0.39 is 0 Å². The van der Waals surface area contributed by atoms with Crippen LogP contribution in [-0.4, -0.2) is 35.4 Å². The molecule has 1 fully saturated rings. The van der Waals surface area contributed by atoms with Gasteiger partial charge in [0.15, 0.2) is 0 Å². The summed E-state index contributed by atoms with van der Waals surface area (Å²) in [6, 6.07) is 3.94. The Bertz CT molecular complexity index is 434. The van der Waals surface area contributed by atoms with Gasteiger partial charge in [-0.1, -0.05) is 19.9 Å². The van der Waals surface area contributed by atoms with Crippen molar-refractivity contribution in [3.63, 3.8) is 0 Å². The van der Waals surface area contributed by atoms with Crippen molar-refractivity contribution >= 4 is 5.91 Å². The molecule has 1 saturated heterocycles. The molecule has 19 heavy (non-hydrogen) atoms. The first kappa shape index (κ1) is 14.0. The smallest absolute Gasteiger partial charge is 0.223 e. The van der Waals surface area contributed by atoms with Gasteiger partial charge in [0.05, 0.1) is 0 Å². The Kier molecular flexibility index (Phi) is 4.20. The van der Waals surface area contributed by atoms with Crippen molar-refractivity contribution < 1.29 is 4.79 Å². The number of hydrogen-bond acceptors (Lipinski definition) is 3. The summed E-state index contributed by atoms with van der Waals surface area (Å²) in [6.07, 6.45) is 5.15. The fraction of sp³-hybridized carbons (Fsp3) is 0.600. The van der Waals surface area contributed by atoms with E-state index in [1.54, 1.807) is 6.20 Å². The summed E-state index contributed by atoms with van der Waals surface area (Å²) in [6.45, 7) is 6.52. The first-order valence-corrected chi connectivity index (χ1v) is 6.92. The van der Waals surface area contributed by atoms with Crippen LogP contribution < -0.4 is 5.73 Å².